The Hall–Kier alpha value is -1.44. The summed E-state index contributed by atoms with van der Waals surface area (Å²) in [6.07, 6.45) is 1.42. The van der Waals surface area contributed by atoms with Crippen LogP contribution in [0.25, 0.3) is 6.08 Å². The molecule has 0 aliphatic carbocycles. The topological polar surface area (TPSA) is 32.3 Å². The van der Waals surface area contributed by atoms with Gasteiger partial charge in [-0.1, -0.05) is 44.2 Å². The first kappa shape index (κ1) is 9.65. The predicted octanol–water partition coefficient (Wildman–Crippen LogP) is 1.77. The summed E-state index contributed by atoms with van der Waals surface area (Å²) in [4.78, 5) is 0. The summed E-state index contributed by atoms with van der Waals surface area (Å²) in [6, 6.07) is 9.40. The maximum atomic E-state index is 11.1. The van der Waals surface area contributed by atoms with E-state index in [9.17, 15) is 5.11 Å². The van der Waals surface area contributed by atoms with Crippen molar-refractivity contribution >= 4 is 6.08 Å². The molecule has 0 fully saturated rings. The van der Waals surface area contributed by atoms with E-state index in [1.807, 2.05) is 44.2 Å². The number of hydrogen-bond donors (Lipinski definition) is 0. The lowest BCUT2D eigenvalue weighted by Crippen LogP contribution is -2.12. The van der Waals surface area contributed by atoms with E-state index in [0.717, 1.165) is 5.56 Å². The lowest BCUT2D eigenvalue weighted by molar-refractivity contribution is -0.359. The molecule has 1 aromatic carbocycles. The fourth-order valence-electron chi connectivity index (χ4n) is 0.952. The fourth-order valence-corrected chi connectivity index (χ4v) is 0.952. The van der Waals surface area contributed by atoms with E-state index in [1.54, 1.807) is 0 Å². The van der Waals surface area contributed by atoms with Gasteiger partial charge in [0.2, 0.25) is 0 Å². The summed E-state index contributed by atoms with van der Waals surface area (Å²) in [7, 11) is 0. The van der Waals surface area contributed by atoms with Gasteiger partial charge in [-0.3, -0.25) is 0 Å². The van der Waals surface area contributed by atoms with Gasteiger partial charge >= 0.3 is 0 Å². The van der Waals surface area contributed by atoms with E-state index in [4.69, 9.17) is 4.74 Å². The first-order chi connectivity index (χ1) is 6.18. The molecule has 0 saturated carbocycles. The van der Waals surface area contributed by atoms with Crippen molar-refractivity contribution in [1.82, 2.24) is 0 Å². The highest BCUT2D eigenvalue weighted by Gasteiger charge is 1.87. The van der Waals surface area contributed by atoms with Crippen molar-refractivity contribution in [1.29, 1.82) is 0 Å². The van der Waals surface area contributed by atoms with Crippen LogP contribution in [0.5, 0.6) is 0 Å². The molecular formula is C11H13O2-. The highest BCUT2D eigenvalue weighted by atomic mass is 16.6. The molecule has 0 aromatic heterocycles. The van der Waals surface area contributed by atoms with Crippen LogP contribution < -0.4 is 5.11 Å². The molecule has 0 aliphatic rings. The van der Waals surface area contributed by atoms with Crippen molar-refractivity contribution in [3.05, 3.63) is 41.8 Å². The zero-order valence-electron chi connectivity index (χ0n) is 7.86. The Balaban J connectivity index is 2.66. The molecule has 0 spiro atoms. The second-order valence-electron chi connectivity index (χ2n) is 3.04. The van der Waals surface area contributed by atoms with Gasteiger partial charge in [-0.05, 0) is 17.7 Å². The average molecular weight is 177 g/mol. The van der Waals surface area contributed by atoms with E-state index in [0.29, 0.717) is 0 Å². The molecule has 0 N–H and O–H groups in total. The molecule has 0 radical (unpaired) electrons. The maximum absolute atomic E-state index is 11.1. The van der Waals surface area contributed by atoms with Crippen molar-refractivity contribution < 1.29 is 9.84 Å². The van der Waals surface area contributed by atoms with Gasteiger partial charge in [0.1, 0.15) is 0 Å². The lowest BCUT2D eigenvalue weighted by atomic mass is 10.2. The van der Waals surface area contributed by atoms with Crippen molar-refractivity contribution in [2.45, 2.75) is 20.0 Å². The molecule has 0 bridgehead atoms. The Morgan fingerprint density at radius 1 is 1.31 bits per heavy atom. The Kier molecular flexibility index (Phi) is 3.38. The molecule has 70 valence electrons. The first-order valence-electron chi connectivity index (χ1n) is 4.29. The fraction of sp³-hybridized carbons (Fsp3) is 0.273. The largest absolute Gasteiger partial charge is 0.611 e. The standard InChI is InChI=1S/C11H14O2/c1-9(2)13-11(12)8-10-6-4-3-5-7-10/h3-9,12H,1-2H3/p-1/b11-8+. The normalized spacial score (nSPS) is 11.8. The summed E-state index contributed by atoms with van der Waals surface area (Å²) in [6.45, 7) is 3.66. The van der Waals surface area contributed by atoms with Crippen LogP contribution in [0.4, 0.5) is 0 Å². The third-order valence-corrected chi connectivity index (χ3v) is 1.44. The molecule has 1 aromatic rings. The third kappa shape index (κ3) is 3.65. The minimum atomic E-state index is -0.291. The summed E-state index contributed by atoms with van der Waals surface area (Å²) >= 11 is 0. The van der Waals surface area contributed by atoms with Crippen LogP contribution in [0.15, 0.2) is 36.3 Å². The van der Waals surface area contributed by atoms with E-state index >= 15 is 0 Å². The quantitative estimate of drug-likeness (QED) is 0.659. The number of ether oxygens (including phenoxy) is 1. The molecule has 0 heterocycles. The summed E-state index contributed by atoms with van der Waals surface area (Å²) < 4.78 is 4.96. The van der Waals surface area contributed by atoms with E-state index in [-0.39, 0.29) is 12.0 Å². The van der Waals surface area contributed by atoms with Gasteiger partial charge in [-0.15, -0.1) is 0 Å². The van der Waals surface area contributed by atoms with Crippen LogP contribution in [-0.2, 0) is 4.74 Å². The highest BCUT2D eigenvalue weighted by Crippen LogP contribution is 2.05. The molecule has 1 rings (SSSR count). The predicted molar refractivity (Wildman–Crippen MR) is 50.6 cm³/mol. The van der Waals surface area contributed by atoms with E-state index < -0.39 is 0 Å². The Bertz CT molecular complexity index is 275. The molecule has 0 unspecified atom stereocenters. The van der Waals surface area contributed by atoms with Gasteiger partial charge in [0, 0.05) is 0 Å². The smallest absolute Gasteiger partial charge is 0.0520 e. The number of benzene rings is 1. The van der Waals surface area contributed by atoms with Crippen LogP contribution >= 0.6 is 0 Å². The van der Waals surface area contributed by atoms with E-state index in [1.165, 1.54) is 6.08 Å². The number of hydrogen-bond acceptors (Lipinski definition) is 2. The molecule has 13 heavy (non-hydrogen) atoms. The molecule has 0 atom stereocenters. The van der Waals surface area contributed by atoms with Crippen LogP contribution in [-0.4, -0.2) is 6.10 Å². The zero-order chi connectivity index (χ0) is 9.68. The summed E-state index contributed by atoms with van der Waals surface area (Å²) in [5.41, 5.74) is 0.869. The van der Waals surface area contributed by atoms with Crippen molar-refractivity contribution in [3.8, 4) is 0 Å². The van der Waals surface area contributed by atoms with Gasteiger partial charge < -0.3 is 9.84 Å². The average Bonchev–Trinajstić information content (AvgIpc) is 2.04. The van der Waals surface area contributed by atoms with Gasteiger partial charge in [-0.25, -0.2) is 0 Å². The minimum Gasteiger partial charge on any atom is -0.611 e. The van der Waals surface area contributed by atoms with Crippen LogP contribution in [0.3, 0.4) is 0 Å². The van der Waals surface area contributed by atoms with Crippen LogP contribution in [0, 0.1) is 0 Å². The summed E-state index contributed by atoms with van der Waals surface area (Å²) in [5.74, 6) is -0.291. The van der Waals surface area contributed by atoms with Crippen LogP contribution in [0.2, 0.25) is 0 Å². The van der Waals surface area contributed by atoms with Gasteiger partial charge in [0.25, 0.3) is 0 Å². The zero-order valence-corrected chi connectivity index (χ0v) is 7.86. The highest BCUT2D eigenvalue weighted by molar-refractivity contribution is 5.48. The van der Waals surface area contributed by atoms with E-state index in [2.05, 4.69) is 0 Å². The second-order valence-corrected chi connectivity index (χ2v) is 3.04. The Morgan fingerprint density at radius 3 is 2.46 bits per heavy atom. The van der Waals surface area contributed by atoms with Crippen molar-refractivity contribution in [2.75, 3.05) is 0 Å². The molecule has 0 aliphatic heterocycles. The molecule has 0 amide bonds. The first-order valence-corrected chi connectivity index (χ1v) is 4.29. The Labute approximate surface area is 78.5 Å². The maximum Gasteiger partial charge on any atom is 0.0520 e. The SMILES string of the molecule is CC(C)O/C([O-])=C/c1ccccc1. The molecule has 2 heteroatoms. The van der Waals surface area contributed by atoms with Crippen molar-refractivity contribution in [2.24, 2.45) is 0 Å². The number of rotatable bonds is 3. The molecular weight excluding hydrogens is 164 g/mol. The monoisotopic (exact) mass is 177 g/mol. The minimum absolute atomic E-state index is 0.0625. The molecule has 2 nitrogen and oxygen atoms in total. The summed E-state index contributed by atoms with van der Waals surface area (Å²) in [5, 5.41) is 11.1. The van der Waals surface area contributed by atoms with Gasteiger partial charge in [0.15, 0.2) is 0 Å². The third-order valence-electron chi connectivity index (χ3n) is 1.44. The molecule has 0 saturated heterocycles. The van der Waals surface area contributed by atoms with Crippen LogP contribution in [0.1, 0.15) is 19.4 Å². The lowest BCUT2D eigenvalue weighted by Gasteiger charge is -2.19. The second kappa shape index (κ2) is 4.55. The Morgan fingerprint density at radius 2 is 1.92 bits per heavy atom. The van der Waals surface area contributed by atoms with Gasteiger partial charge in [-0.2, -0.15) is 0 Å². The van der Waals surface area contributed by atoms with Gasteiger partial charge in [0.05, 0.1) is 5.95 Å². The van der Waals surface area contributed by atoms with Crippen molar-refractivity contribution in [3.63, 3.8) is 0 Å².